The quantitative estimate of drug-likeness (QED) is 0.503. The largest absolute Gasteiger partial charge is 0.484 e. The fourth-order valence-electron chi connectivity index (χ4n) is 3.73. The number of aryl methyl sites for hydroxylation is 1. The summed E-state index contributed by atoms with van der Waals surface area (Å²) in [4.78, 5) is 12.9. The van der Waals surface area contributed by atoms with Gasteiger partial charge in [-0.25, -0.2) is 8.42 Å². The summed E-state index contributed by atoms with van der Waals surface area (Å²) < 4.78 is 40.0. The highest BCUT2D eigenvalue weighted by molar-refractivity contribution is 7.89. The molecular formula is C23H31ClN2O5S. The number of nitrogens with zero attached hydrogens (tertiary/aromatic N) is 2. The SMILES string of the molecule is Cc1cc(C(=O)COc2ccc(S(=O)(=O)N3CCOCC3)cc2Cl)c(C)n1CCC(C)C. The van der Waals surface area contributed by atoms with Crippen molar-refractivity contribution in [3.63, 3.8) is 0 Å². The third-order valence-corrected chi connectivity index (χ3v) is 7.86. The molecule has 0 saturated carbocycles. The molecule has 0 aliphatic carbocycles. The first-order chi connectivity index (χ1) is 15.1. The minimum atomic E-state index is -3.65. The van der Waals surface area contributed by atoms with Crippen molar-refractivity contribution in [3.8, 4) is 5.75 Å². The zero-order valence-electron chi connectivity index (χ0n) is 19.1. The topological polar surface area (TPSA) is 77.8 Å². The van der Waals surface area contributed by atoms with E-state index in [0.717, 1.165) is 24.4 Å². The van der Waals surface area contributed by atoms with Crippen LogP contribution in [0.25, 0.3) is 0 Å². The van der Waals surface area contributed by atoms with Gasteiger partial charge >= 0.3 is 0 Å². The summed E-state index contributed by atoms with van der Waals surface area (Å²) >= 11 is 6.29. The minimum Gasteiger partial charge on any atom is -0.484 e. The number of ether oxygens (including phenoxy) is 2. The Morgan fingerprint density at radius 2 is 1.88 bits per heavy atom. The molecule has 2 heterocycles. The highest BCUT2D eigenvalue weighted by Gasteiger charge is 2.27. The Kier molecular flexibility index (Phi) is 8.03. The molecule has 1 aliphatic heterocycles. The van der Waals surface area contributed by atoms with Gasteiger partial charge < -0.3 is 14.0 Å². The number of carbonyl (C=O) groups is 1. The lowest BCUT2D eigenvalue weighted by Crippen LogP contribution is -2.40. The molecule has 0 radical (unpaired) electrons. The maximum Gasteiger partial charge on any atom is 0.243 e. The highest BCUT2D eigenvalue weighted by Crippen LogP contribution is 2.29. The predicted molar refractivity (Wildman–Crippen MR) is 124 cm³/mol. The number of sulfonamides is 1. The molecule has 0 N–H and O–H groups in total. The molecule has 0 unspecified atom stereocenters. The van der Waals surface area contributed by atoms with Crippen molar-refractivity contribution in [2.45, 2.75) is 45.6 Å². The summed E-state index contributed by atoms with van der Waals surface area (Å²) in [6.45, 7) is 10.3. The van der Waals surface area contributed by atoms with E-state index in [4.69, 9.17) is 21.1 Å². The van der Waals surface area contributed by atoms with E-state index in [-0.39, 0.29) is 28.1 Å². The van der Waals surface area contributed by atoms with E-state index in [2.05, 4.69) is 18.4 Å². The molecule has 1 fully saturated rings. The standard InChI is InChI=1S/C23H31ClN2O5S/c1-16(2)7-8-26-17(3)13-20(18(26)4)22(27)15-31-23-6-5-19(14-21(23)24)32(28,29)25-9-11-30-12-10-25/h5-6,13-14,16H,7-12,15H2,1-4H3. The summed E-state index contributed by atoms with van der Waals surface area (Å²) in [5, 5.41) is 0.148. The maximum atomic E-state index is 12.8. The third-order valence-electron chi connectivity index (χ3n) is 5.67. The maximum absolute atomic E-state index is 12.8. The fourth-order valence-corrected chi connectivity index (χ4v) is 5.47. The van der Waals surface area contributed by atoms with Gasteiger partial charge in [-0.15, -0.1) is 0 Å². The first-order valence-corrected chi connectivity index (χ1v) is 12.6. The molecule has 0 bridgehead atoms. The first kappa shape index (κ1) is 24.8. The first-order valence-electron chi connectivity index (χ1n) is 10.8. The van der Waals surface area contributed by atoms with Gasteiger partial charge in [0.15, 0.2) is 6.61 Å². The lowest BCUT2D eigenvalue weighted by molar-refractivity contribution is 0.0730. The third kappa shape index (κ3) is 5.54. The number of benzene rings is 1. The molecule has 0 atom stereocenters. The molecule has 0 amide bonds. The fraction of sp³-hybridized carbons (Fsp3) is 0.522. The molecule has 1 aromatic heterocycles. The van der Waals surface area contributed by atoms with Gasteiger partial charge in [0, 0.05) is 36.6 Å². The summed E-state index contributed by atoms with van der Waals surface area (Å²) in [6, 6.07) is 6.20. The molecule has 7 nitrogen and oxygen atoms in total. The van der Waals surface area contributed by atoms with Crippen LogP contribution in [0.1, 0.15) is 42.0 Å². The molecule has 1 saturated heterocycles. The normalized spacial score (nSPS) is 15.3. The number of carbonyl (C=O) groups excluding carboxylic acids is 1. The van der Waals surface area contributed by atoms with Crippen LogP contribution in [0, 0.1) is 19.8 Å². The molecule has 2 aromatic rings. The molecule has 1 aliphatic rings. The van der Waals surface area contributed by atoms with Gasteiger partial charge in [0.1, 0.15) is 5.75 Å². The Bertz CT molecular complexity index is 1070. The number of ketones is 1. The Morgan fingerprint density at radius 1 is 1.19 bits per heavy atom. The average Bonchev–Trinajstić information content (AvgIpc) is 3.05. The number of rotatable bonds is 9. The van der Waals surface area contributed by atoms with Gasteiger partial charge in [0.05, 0.1) is 23.1 Å². The van der Waals surface area contributed by atoms with E-state index in [1.807, 2.05) is 19.9 Å². The van der Waals surface area contributed by atoms with E-state index in [0.29, 0.717) is 37.8 Å². The molecule has 0 spiro atoms. The van der Waals surface area contributed by atoms with Crippen LogP contribution in [0.5, 0.6) is 5.75 Å². The lowest BCUT2D eigenvalue weighted by atomic mass is 10.1. The Morgan fingerprint density at radius 3 is 2.50 bits per heavy atom. The van der Waals surface area contributed by atoms with Crippen molar-refractivity contribution in [3.05, 3.63) is 46.2 Å². The van der Waals surface area contributed by atoms with E-state index in [9.17, 15) is 13.2 Å². The van der Waals surface area contributed by atoms with Crippen LogP contribution in [-0.4, -0.2) is 56.0 Å². The smallest absolute Gasteiger partial charge is 0.243 e. The summed E-state index contributed by atoms with van der Waals surface area (Å²) in [7, 11) is -3.65. The Labute approximate surface area is 195 Å². The van der Waals surface area contributed by atoms with Crippen LogP contribution in [0.4, 0.5) is 0 Å². The van der Waals surface area contributed by atoms with Crippen molar-refractivity contribution in [2.24, 2.45) is 5.92 Å². The van der Waals surface area contributed by atoms with Gasteiger partial charge in [-0.3, -0.25) is 4.79 Å². The number of hydrogen-bond donors (Lipinski definition) is 0. The lowest BCUT2D eigenvalue weighted by Gasteiger charge is -2.26. The predicted octanol–water partition coefficient (Wildman–Crippen LogP) is 4.09. The van der Waals surface area contributed by atoms with E-state index >= 15 is 0 Å². The van der Waals surface area contributed by atoms with Crippen molar-refractivity contribution < 1.29 is 22.7 Å². The second kappa shape index (κ2) is 10.4. The Hall–Kier alpha value is -1.87. The van der Waals surface area contributed by atoms with Gasteiger partial charge in [-0.1, -0.05) is 25.4 Å². The Balaban J connectivity index is 1.68. The zero-order chi connectivity index (χ0) is 23.5. The number of Topliss-reactive ketones (excluding diaryl/α,β-unsaturated/α-hetero) is 1. The summed E-state index contributed by atoms with van der Waals surface area (Å²) in [6.07, 6.45) is 1.04. The van der Waals surface area contributed by atoms with E-state index < -0.39 is 10.0 Å². The van der Waals surface area contributed by atoms with Crippen LogP contribution in [0.2, 0.25) is 5.02 Å². The van der Waals surface area contributed by atoms with E-state index in [1.54, 1.807) is 0 Å². The van der Waals surface area contributed by atoms with Crippen LogP contribution < -0.4 is 4.74 Å². The van der Waals surface area contributed by atoms with Crippen LogP contribution in [0.15, 0.2) is 29.2 Å². The minimum absolute atomic E-state index is 0.0942. The average molecular weight is 483 g/mol. The monoisotopic (exact) mass is 482 g/mol. The molecule has 3 rings (SSSR count). The van der Waals surface area contributed by atoms with Gasteiger partial charge in [0.25, 0.3) is 0 Å². The van der Waals surface area contributed by atoms with Crippen LogP contribution >= 0.6 is 11.6 Å². The van der Waals surface area contributed by atoms with E-state index in [1.165, 1.54) is 22.5 Å². The van der Waals surface area contributed by atoms with Gasteiger partial charge in [-0.2, -0.15) is 4.31 Å². The van der Waals surface area contributed by atoms with Crippen LogP contribution in [0.3, 0.4) is 0 Å². The number of aromatic nitrogens is 1. The molecule has 176 valence electrons. The second-order valence-electron chi connectivity index (χ2n) is 8.44. The molecule has 1 aromatic carbocycles. The van der Waals surface area contributed by atoms with Crippen molar-refractivity contribution in [1.82, 2.24) is 8.87 Å². The molecule has 32 heavy (non-hydrogen) atoms. The second-order valence-corrected chi connectivity index (χ2v) is 10.8. The highest BCUT2D eigenvalue weighted by atomic mass is 35.5. The number of morpholine rings is 1. The number of halogens is 1. The van der Waals surface area contributed by atoms with Crippen molar-refractivity contribution >= 4 is 27.4 Å². The summed E-state index contributed by atoms with van der Waals surface area (Å²) in [5.41, 5.74) is 2.60. The van der Waals surface area contributed by atoms with Crippen molar-refractivity contribution in [2.75, 3.05) is 32.9 Å². The molecular weight excluding hydrogens is 452 g/mol. The molecule has 9 heteroatoms. The van der Waals surface area contributed by atoms with Crippen LogP contribution in [-0.2, 0) is 21.3 Å². The van der Waals surface area contributed by atoms with Crippen molar-refractivity contribution in [1.29, 1.82) is 0 Å². The number of hydrogen-bond acceptors (Lipinski definition) is 5. The zero-order valence-corrected chi connectivity index (χ0v) is 20.6. The summed E-state index contributed by atoms with van der Waals surface area (Å²) in [5.74, 6) is 0.709. The van der Waals surface area contributed by atoms with Gasteiger partial charge in [-0.05, 0) is 50.5 Å². The van der Waals surface area contributed by atoms with Gasteiger partial charge in [0.2, 0.25) is 15.8 Å².